The molecule has 2 amide bonds. The summed E-state index contributed by atoms with van der Waals surface area (Å²) in [6, 6.07) is 9.68. The van der Waals surface area contributed by atoms with Crippen molar-refractivity contribution in [3.8, 4) is 5.69 Å². The Morgan fingerprint density at radius 3 is 2.70 bits per heavy atom. The molecule has 3 rings (SSSR count). The van der Waals surface area contributed by atoms with Gasteiger partial charge in [-0.1, -0.05) is 18.2 Å². The lowest BCUT2D eigenvalue weighted by Crippen LogP contribution is -2.44. The molecule has 2 heterocycles. The predicted octanol–water partition coefficient (Wildman–Crippen LogP) is 1.52. The number of hydrogen-bond acceptors (Lipinski definition) is 3. The number of benzene rings is 1. The zero-order chi connectivity index (χ0) is 16.4. The monoisotopic (exact) mass is 312 g/mol. The van der Waals surface area contributed by atoms with E-state index in [1.807, 2.05) is 37.3 Å². The van der Waals surface area contributed by atoms with E-state index in [-0.39, 0.29) is 17.7 Å². The summed E-state index contributed by atoms with van der Waals surface area (Å²) in [6.45, 7) is 2.92. The second kappa shape index (κ2) is 6.24. The third-order valence-electron chi connectivity index (χ3n) is 4.35. The zero-order valence-corrected chi connectivity index (χ0v) is 13.1. The lowest BCUT2D eigenvalue weighted by molar-refractivity contribution is -0.123. The van der Waals surface area contributed by atoms with Crippen molar-refractivity contribution in [2.75, 3.05) is 13.1 Å². The third-order valence-corrected chi connectivity index (χ3v) is 4.35. The van der Waals surface area contributed by atoms with Crippen molar-refractivity contribution in [2.45, 2.75) is 19.8 Å². The number of hydrogen-bond donors (Lipinski definition) is 1. The first kappa shape index (κ1) is 15.3. The smallest absolute Gasteiger partial charge is 0.257 e. The molecule has 1 fully saturated rings. The van der Waals surface area contributed by atoms with Crippen LogP contribution in [-0.4, -0.2) is 39.6 Å². The van der Waals surface area contributed by atoms with E-state index in [9.17, 15) is 9.59 Å². The molecule has 1 aromatic heterocycles. The van der Waals surface area contributed by atoms with Crippen molar-refractivity contribution in [1.82, 2.24) is 14.7 Å². The molecule has 0 radical (unpaired) electrons. The quantitative estimate of drug-likeness (QED) is 0.933. The summed E-state index contributed by atoms with van der Waals surface area (Å²) in [5.74, 6) is -0.674. The Morgan fingerprint density at radius 2 is 2.00 bits per heavy atom. The van der Waals surface area contributed by atoms with Gasteiger partial charge in [-0.25, -0.2) is 4.68 Å². The van der Waals surface area contributed by atoms with Crippen molar-refractivity contribution in [3.05, 3.63) is 47.8 Å². The molecule has 0 aliphatic carbocycles. The summed E-state index contributed by atoms with van der Waals surface area (Å²) in [4.78, 5) is 25.8. The first-order valence-electron chi connectivity index (χ1n) is 7.76. The number of carbonyl (C=O) groups excluding carboxylic acids is 2. The summed E-state index contributed by atoms with van der Waals surface area (Å²) >= 11 is 0. The number of rotatable bonds is 3. The Bertz CT molecular complexity index is 723. The first-order chi connectivity index (χ1) is 11.1. The second-order valence-electron chi connectivity index (χ2n) is 5.88. The van der Waals surface area contributed by atoms with E-state index >= 15 is 0 Å². The molecule has 0 saturated carbocycles. The Hall–Kier alpha value is -2.63. The standard InChI is InChI=1S/C17H20N4O2/c1-12-15(10-19-21(12)14-7-3-2-4-8-14)17(23)20-9-5-6-13(11-20)16(18)22/h2-4,7-8,10,13H,5-6,9,11H2,1H3,(H2,18,22). The normalized spacial score (nSPS) is 18.0. The fraction of sp³-hybridized carbons (Fsp3) is 0.353. The minimum absolute atomic E-state index is 0.0874. The number of carbonyl (C=O) groups is 2. The molecule has 1 aliphatic rings. The molecule has 1 aliphatic heterocycles. The summed E-state index contributed by atoms with van der Waals surface area (Å²) in [5.41, 5.74) is 7.66. The van der Waals surface area contributed by atoms with Crippen LogP contribution >= 0.6 is 0 Å². The number of nitrogens with zero attached hydrogens (tertiary/aromatic N) is 3. The number of piperidine rings is 1. The maximum Gasteiger partial charge on any atom is 0.257 e. The minimum atomic E-state index is -0.334. The molecule has 120 valence electrons. The lowest BCUT2D eigenvalue weighted by atomic mass is 9.97. The van der Waals surface area contributed by atoms with E-state index in [1.54, 1.807) is 15.8 Å². The molecule has 1 atom stereocenters. The highest BCUT2D eigenvalue weighted by atomic mass is 16.2. The highest BCUT2D eigenvalue weighted by molar-refractivity contribution is 5.95. The minimum Gasteiger partial charge on any atom is -0.369 e. The Kier molecular flexibility index (Phi) is 4.14. The second-order valence-corrected chi connectivity index (χ2v) is 5.88. The van der Waals surface area contributed by atoms with Crippen molar-refractivity contribution in [1.29, 1.82) is 0 Å². The maximum atomic E-state index is 12.8. The van der Waals surface area contributed by atoms with Crippen molar-refractivity contribution in [3.63, 3.8) is 0 Å². The van der Waals surface area contributed by atoms with E-state index in [2.05, 4.69) is 5.10 Å². The van der Waals surface area contributed by atoms with Crippen LogP contribution in [0.3, 0.4) is 0 Å². The van der Waals surface area contributed by atoms with Crippen LogP contribution in [0.2, 0.25) is 0 Å². The van der Waals surface area contributed by atoms with Gasteiger partial charge in [0.2, 0.25) is 5.91 Å². The predicted molar refractivity (Wildman–Crippen MR) is 86.1 cm³/mol. The van der Waals surface area contributed by atoms with Gasteiger partial charge in [-0.05, 0) is 31.9 Å². The van der Waals surface area contributed by atoms with Gasteiger partial charge in [0, 0.05) is 13.1 Å². The summed E-state index contributed by atoms with van der Waals surface area (Å²) in [6.07, 6.45) is 3.14. The Morgan fingerprint density at radius 1 is 1.26 bits per heavy atom. The van der Waals surface area contributed by atoms with Crippen LogP contribution in [0.1, 0.15) is 28.9 Å². The molecule has 1 saturated heterocycles. The van der Waals surface area contributed by atoms with E-state index in [0.29, 0.717) is 18.7 Å². The van der Waals surface area contributed by atoms with Gasteiger partial charge in [0.15, 0.2) is 0 Å². The fourth-order valence-electron chi connectivity index (χ4n) is 3.01. The van der Waals surface area contributed by atoms with Crippen LogP contribution < -0.4 is 5.73 Å². The number of amides is 2. The fourth-order valence-corrected chi connectivity index (χ4v) is 3.01. The number of para-hydroxylation sites is 1. The van der Waals surface area contributed by atoms with E-state index in [1.165, 1.54) is 0 Å². The van der Waals surface area contributed by atoms with Crippen molar-refractivity contribution in [2.24, 2.45) is 11.7 Å². The molecular formula is C17H20N4O2. The Balaban J connectivity index is 1.83. The van der Waals surface area contributed by atoms with Crippen molar-refractivity contribution >= 4 is 11.8 Å². The van der Waals surface area contributed by atoms with Gasteiger partial charge in [-0.3, -0.25) is 9.59 Å². The number of nitrogens with two attached hydrogens (primary N) is 1. The molecule has 2 aromatic rings. The molecule has 0 spiro atoms. The topological polar surface area (TPSA) is 81.2 Å². The van der Waals surface area contributed by atoms with E-state index in [4.69, 9.17) is 5.73 Å². The largest absolute Gasteiger partial charge is 0.369 e. The number of primary amides is 1. The van der Waals surface area contributed by atoms with Gasteiger partial charge < -0.3 is 10.6 Å². The van der Waals surface area contributed by atoms with E-state index in [0.717, 1.165) is 24.2 Å². The van der Waals surface area contributed by atoms with Crippen molar-refractivity contribution < 1.29 is 9.59 Å². The van der Waals surface area contributed by atoms with Crippen LogP contribution in [0.25, 0.3) is 5.69 Å². The molecule has 1 unspecified atom stereocenters. The summed E-state index contributed by atoms with van der Waals surface area (Å²) < 4.78 is 1.75. The average Bonchev–Trinajstić information content (AvgIpc) is 2.96. The first-order valence-corrected chi connectivity index (χ1v) is 7.76. The van der Waals surface area contributed by atoms with Gasteiger partial charge in [-0.2, -0.15) is 5.10 Å². The molecule has 6 nitrogen and oxygen atoms in total. The van der Waals surface area contributed by atoms with Gasteiger partial charge >= 0.3 is 0 Å². The van der Waals surface area contributed by atoms with E-state index < -0.39 is 0 Å². The number of likely N-dealkylation sites (tertiary alicyclic amines) is 1. The molecule has 1 aromatic carbocycles. The zero-order valence-electron chi connectivity index (χ0n) is 13.1. The van der Waals surface area contributed by atoms with Crippen LogP contribution in [-0.2, 0) is 4.79 Å². The summed E-state index contributed by atoms with van der Waals surface area (Å²) in [7, 11) is 0. The van der Waals surface area contributed by atoms with Gasteiger partial charge in [-0.15, -0.1) is 0 Å². The van der Waals surface area contributed by atoms with Gasteiger partial charge in [0.1, 0.15) is 0 Å². The molecule has 6 heteroatoms. The number of aromatic nitrogens is 2. The SMILES string of the molecule is Cc1c(C(=O)N2CCCC(C(N)=O)C2)cnn1-c1ccccc1. The highest BCUT2D eigenvalue weighted by Crippen LogP contribution is 2.21. The average molecular weight is 312 g/mol. The third kappa shape index (κ3) is 2.97. The summed E-state index contributed by atoms with van der Waals surface area (Å²) in [5, 5.41) is 4.33. The van der Waals surface area contributed by atoms with Gasteiger partial charge in [0.05, 0.1) is 29.1 Å². The van der Waals surface area contributed by atoms with Crippen LogP contribution in [0.4, 0.5) is 0 Å². The highest BCUT2D eigenvalue weighted by Gasteiger charge is 2.29. The maximum absolute atomic E-state index is 12.8. The molecule has 2 N–H and O–H groups in total. The molecule has 23 heavy (non-hydrogen) atoms. The molecular weight excluding hydrogens is 292 g/mol. The van der Waals surface area contributed by atoms with Crippen LogP contribution in [0, 0.1) is 12.8 Å². The van der Waals surface area contributed by atoms with Crippen LogP contribution in [0.15, 0.2) is 36.5 Å². The lowest BCUT2D eigenvalue weighted by Gasteiger charge is -2.31. The van der Waals surface area contributed by atoms with Crippen LogP contribution in [0.5, 0.6) is 0 Å². The van der Waals surface area contributed by atoms with Gasteiger partial charge in [0.25, 0.3) is 5.91 Å². The molecule has 0 bridgehead atoms. The Labute approximate surface area is 134 Å².